The first-order chi connectivity index (χ1) is 18.3. The minimum atomic E-state index is -0.799. The van der Waals surface area contributed by atoms with Gasteiger partial charge in [0.1, 0.15) is 17.3 Å². The summed E-state index contributed by atoms with van der Waals surface area (Å²) in [6.07, 6.45) is 1.71. The third-order valence-corrected chi connectivity index (χ3v) is 6.84. The lowest BCUT2D eigenvalue weighted by Crippen LogP contribution is -2.29. The van der Waals surface area contributed by atoms with Gasteiger partial charge in [0, 0.05) is 17.3 Å². The maximum atomic E-state index is 13.5. The summed E-state index contributed by atoms with van der Waals surface area (Å²) >= 11 is 0. The Morgan fingerprint density at radius 3 is 2.37 bits per heavy atom. The van der Waals surface area contributed by atoms with Gasteiger partial charge in [-0.1, -0.05) is 58.0 Å². The van der Waals surface area contributed by atoms with E-state index < -0.39 is 17.7 Å². The third-order valence-electron chi connectivity index (χ3n) is 6.84. The summed E-state index contributed by atoms with van der Waals surface area (Å²) in [6, 6.07) is 19.5. The molecular weight excluding hydrogens is 478 g/mol. The van der Waals surface area contributed by atoms with E-state index in [0.29, 0.717) is 29.4 Å². The highest BCUT2D eigenvalue weighted by molar-refractivity contribution is 6.51. The smallest absolute Gasteiger partial charge is 0.300 e. The van der Waals surface area contributed by atoms with E-state index in [4.69, 9.17) is 9.47 Å². The van der Waals surface area contributed by atoms with Gasteiger partial charge in [0.2, 0.25) is 0 Å². The molecule has 6 nitrogen and oxygen atoms in total. The maximum absolute atomic E-state index is 13.5. The molecule has 3 aromatic rings. The molecule has 4 rings (SSSR count). The minimum Gasteiger partial charge on any atom is -0.507 e. The van der Waals surface area contributed by atoms with E-state index in [9.17, 15) is 14.7 Å². The monoisotopic (exact) mass is 513 g/mol. The maximum Gasteiger partial charge on any atom is 0.300 e. The van der Waals surface area contributed by atoms with E-state index in [1.807, 2.05) is 57.2 Å². The van der Waals surface area contributed by atoms with Crippen LogP contribution in [-0.4, -0.2) is 30.5 Å². The van der Waals surface area contributed by atoms with Gasteiger partial charge in [-0.25, -0.2) is 0 Å². The van der Waals surface area contributed by atoms with Crippen LogP contribution in [0.1, 0.15) is 68.3 Å². The van der Waals surface area contributed by atoms with Gasteiger partial charge in [-0.2, -0.15) is 0 Å². The highest BCUT2D eigenvalue weighted by atomic mass is 16.5. The average molecular weight is 514 g/mol. The molecule has 0 aromatic heterocycles. The van der Waals surface area contributed by atoms with Crippen molar-refractivity contribution in [2.24, 2.45) is 0 Å². The SMILES string of the molecule is CCCOc1cccc(N2C(=O)C(=O)/C(=C(\O)c3ccc(OC)c(C(C)C)c3)C2c2ccc(CC)cc2)c1. The van der Waals surface area contributed by atoms with Crippen LogP contribution in [-0.2, 0) is 16.0 Å². The van der Waals surface area contributed by atoms with Crippen molar-refractivity contribution in [3.8, 4) is 11.5 Å². The molecule has 1 amide bonds. The highest BCUT2D eigenvalue weighted by Gasteiger charge is 2.47. The molecule has 1 heterocycles. The summed E-state index contributed by atoms with van der Waals surface area (Å²) in [5, 5.41) is 11.6. The van der Waals surface area contributed by atoms with Crippen molar-refractivity contribution in [3.63, 3.8) is 0 Å². The molecule has 1 saturated heterocycles. The predicted octanol–water partition coefficient (Wildman–Crippen LogP) is 6.80. The molecule has 1 unspecified atom stereocenters. The van der Waals surface area contributed by atoms with Crippen LogP contribution in [0.4, 0.5) is 5.69 Å². The molecule has 0 saturated carbocycles. The van der Waals surface area contributed by atoms with E-state index in [-0.39, 0.29) is 17.3 Å². The van der Waals surface area contributed by atoms with Crippen LogP contribution in [0, 0.1) is 0 Å². The van der Waals surface area contributed by atoms with Crippen molar-refractivity contribution in [2.45, 2.75) is 52.5 Å². The van der Waals surface area contributed by atoms with Gasteiger partial charge in [0.15, 0.2) is 0 Å². The first-order valence-corrected chi connectivity index (χ1v) is 13.1. The molecule has 0 radical (unpaired) electrons. The lowest BCUT2D eigenvalue weighted by molar-refractivity contribution is -0.132. The number of benzene rings is 3. The van der Waals surface area contributed by atoms with Crippen molar-refractivity contribution in [1.82, 2.24) is 0 Å². The van der Waals surface area contributed by atoms with Crippen LogP contribution >= 0.6 is 0 Å². The number of aryl methyl sites for hydroxylation is 1. The van der Waals surface area contributed by atoms with Crippen molar-refractivity contribution in [2.75, 3.05) is 18.6 Å². The van der Waals surface area contributed by atoms with E-state index >= 15 is 0 Å². The van der Waals surface area contributed by atoms with Crippen LogP contribution in [0.5, 0.6) is 11.5 Å². The van der Waals surface area contributed by atoms with Crippen molar-refractivity contribution in [3.05, 3.63) is 94.6 Å². The van der Waals surface area contributed by atoms with Gasteiger partial charge in [0.25, 0.3) is 11.7 Å². The number of rotatable bonds is 9. The fourth-order valence-corrected chi connectivity index (χ4v) is 4.78. The van der Waals surface area contributed by atoms with Crippen LogP contribution in [0.25, 0.3) is 5.76 Å². The summed E-state index contributed by atoms with van der Waals surface area (Å²) in [5.74, 6) is -0.187. The third kappa shape index (κ3) is 5.17. The molecular formula is C32H35NO5. The van der Waals surface area contributed by atoms with Crippen LogP contribution in [0.15, 0.2) is 72.3 Å². The second-order valence-electron chi connectivity index (χ2n) is 9.72. The number of Topliss-reactive ketones (excluding diaryl/α,β-unsaturated/α-hetero) is 1. The van der Waals surface area contributed by atoms with Gasteiger partial charge >= 0.3 is 0 Å². The fraction of sp³-hybridized carbons (Fsp3) is 0.312. The highest BCUT2D eigenvalue weighted by Crippen LogP contribution is 2.43. The Hall–Kier alpha value is -4.06. The largest absolute Gasteiger partial charge is 0.507 e. The Bertz CT molecular complexity index is 1360. The molecule has 1 atom stereocenters. The Balaban J connectivity index is 1.90. The van der Waals surface area contributed by atoms with Crippen LogP contribution in [0.3, 0.4) is 0 Å². The number of anilines is 1. The number of hydrogen-bond donors (Lipinski definition) is 1. The number of methoxy groups -OCH3 is 1. The fourth-order valence-electron chi connectivity index (χ4n) is 4.78. The van der Waals surface area contributed by atoms with Crippen molar-refractivity contribution < 1.29 is 24.2 Å². The minimum absolute atomic E-state index is 0.0546. The molecule has 0 spiro atoms. The number of carbonyl (C=O) groups excluding carboxylic acids is 2. The molecule has 198 valence electrons. The zero-order valence-corrected chi connectivity index (χ0v) is 22.7. The van der Waals surface area contributed by atoms with E-state index in [2.05, 4.69) is 6.92 Å². The Labute approximate surface area is 224 Å². The molecule has 0 aliphatic carbocycles. The molecule has 3 aromatic carbocycles. The van der Waals surface area contributed by atoms with Gasteiger partial charge in [-0.15, -0.1) is 0 Å². The lowest BCUT2D eigenvalue weighted by Gasteiger charge is -2.26. The number of carbonyl (C=O) groups is 2. The molecule has 1 aliphatic heterocycles. The molecule has 6 heteroatoms. The second kappa shape index (κ2) is 11.5. The van der Waals surface area contributed by atoms with Gasteiger partial charge in [-0.3, -0.25) is 14.5 Å². The quantitative estimate of drug-likeness (QED) is 0.194. The summed E-state index contributed by atoms with van der Waals surface area (Å²) < 4.78 is 11.3. The predicted molar refractivity (Wildman–Crippen MR) is 150 cm³/mol. The van der Waals surface area contributed by atoms with Crippen LogP contribution in [0.2, 0.25) is 0 Å². The van der Waals surface area contributed by atoms with E-state index in [1.54, 1.807) is 37.4 Å². The Kier molecular flexibility index (Phi) is 8.20. The number of nitrogens with zero attached hydrogens (tertiary/aromatic N) is 1. The van der Waals surface area contributed by atoms with E-state index in [1.165, 1.54) is 4.90 Å². The summed E-state index contributed by atoms with van der Waals surface area (Å²) in [6.45, 7) is 8.69. The first kappa shape index (κ1) is 27.0. The number of hydrogen-bond acceptors (Lipinski definition) is 5. The van der Waals surface area contributed by atoms with Gasteiger partial charge in [-0.05, 0) is 65.8 Å². The Morgan fingerprint density at radius 2 is 1.74 bits per heavy atom. The van der Waals surface area contributed by atoms with Crippen molar-refractivity contribution >= 4 is 23.1 Å². The number of ether oxygens (including phenoxy) is 2. The average Bonchev–Trinajstić information content (AvgIpc) is 3.21. The Morgan fingerprint density at radius 1 is 1.00 bits per heavy atom. The molecule has 1 N–H and O–H groups in total. The van der Waals surface area contributed by atoms with Gasteiger partial charge < -0.3 is 14.6 Å². The van der Waals surface area contributed by atoms with Crippen LogP contribution < -0.4 is 14.4 Å². The summed E-state index contributed by atoms with van der Waals surface area (Å²) in [5.41, 5.74) is 3.82. The number of ketones is 1. The zero-order valence-electron chi connectivity index (χ0n) is 22.7. The van der Waals surface area contributed by atoms with Gasteiger partial charge in [0.05, 0.1) is 25.3 Å². The van der Waals surface area contributed by atoms with E-state index in [0.717, 1.165) is 29.5 Å². The van der Waals surface area contributed by atoms with Crippen molar-refractivity contribution in [1.29, 1.82) is 0 Å². The molecule has 0 bridgehead atoms. The topological polar surface area (TPSA) is 76.1 Å². The standard InChI is InChI=1S/C32H35NO5/c1-6-17-38-25-10-8-9-24(19-25)33-29(22-13-11-21(7-2)12-14-22)28(31(35)32(33)36)30(34)23-15-16-27(37-5)26(18-23)20(3)4/h8-16,18-20,29,34H,6-7,17H2,1-5H3/b30-28-. The zero-order chi connectivity index (χ0) is 27.4. The summed E-state index contributed by atoms with van der Waals surface area (Å²) in [7, 11) is 1.60. The summed E-state index contributed by atoms with van der Waals surface area (Å²) in [4.78, 5) is 28.5. The number of amides is 1. The number of aliphatic hydroxyl groups excluding tert-OH is 1. The molecule has 1 fully saturated rings. The molecule has 1 aliphatic rings. The molecule has 38 heavy (non-hydrogen) atoms. The number of aliphatic hydroxyl groups is 1. The second-order valence-corrected chi connectivity index (χ2v) is 9.72. The lowest BCUT2D eigenvalue weighted by atomic mass is 9.92. The first-order valence-electron chi connectivity index (χ1n) is 13.1. The normalized spacial score (nSPS) is 16.8.